The van der Waals surface area contributed by atoms with Crippen LogP contribution in [0.1, 0.15) is 46.0 Å². The third-order valence-electron chi connectivity index (χ3n) is 5.09. The van der Waals surface area contributed by atoms with E-state index in [4.69, 9.17) is 5.73 Å². The van der Waals surface area contributed by atoms with Gasteiger partial charge in [0.25, 0.3) is 0 Å². The smallest absolute Gasteiger partial charge is 0.0354 e. The van der Waals surface area contributed by atoms with E-state index in [0.717, 1.165) is 24.3 Å². The SMILES string of the molecule is CC1CCC(CN)(N(C)CC2CC2)C(C)C1. The van der Waals surface area contributed by atoms with Crippen molar-refractivity contribution >= 4 is 0 Å². The molecule has 2 aliphatic carbocycles. The number of likely N-dealkylation sites (N-methyl/N-ethyl adjacent to an activating group) is 1. The van der Waals surface area contributed by atoms with Gasteiger partial charge < -0.3 is 5.73 Å². The van der Waals surface area contributed by atoms with Crippen molar-refractivity contribution in [1.82, 2.24) is 4.90 Å². The Labute approximate surface area is 101 Å². The second-order valence-corrected chi connectivity index (χ2v) is 6.41. The Morgan fingerprint density at radius 2 is 1.94 bits per heavy atom. The van der Waals surface area contributed by atoms with Gasteiger partial charge in [-0.1, -0.05) is 13.8 Å². The van der Waals surface area contributed by atoms with Gasteiger partial charge in [0.05, 0.1) is 0 Å². The first-order valence-electron chi connectivity index (χ1n) is 7.00. The Balaban J connectivity index is 2.03. The minimum Gasteiger partial charge on any atom is -0.329 e. The summed E-state index contributed by atoms with van der Waals surface area (Å²) in [6, 6.07) is 0. The molecule has 2 saturated carbocycles. The maximum Gasteiger partial charge on any atom is 0.0354 e. The highest BCUT2D eigenvalue weighted by Gasteiger charge is 2.43. The van der Waals surface area contributed by atoms with Gasteiger partial charge in [-0.3, -0.25) is 4.90 Å². The van der Waals surface area contributed by atoms with Crippen molar-refractivity contribution < 1.29 is 0 Å². The molecule has 2 fully saturated rings. The quantitative estimate of drug-likeness (QED) is 0.795. The highest BCUT2D eigenvalue weighted by Crippen LogP contribution is 2.41. The van der Waals surface area contributed by atoms with Crippen molar-refractivity contribution in [1.29, 1.82) is 0 Å². The minimum absolute atomic E-state index is 0.301. The first kappa shape index (κ1) is 12.4. The van der Waals surface area contributed by atoms with Crippen LogP contribution in [0.4, 0.5) is 0 Å². The maximum atomic E-state index is 6.13. The molecule has 2 N–H and O–H groups in total. The van der Waals surface area contributed by atoms with E-state index in [1.807, 2.05) is 0 Å². The Hall–Kier alpha value is -0.0800. The van der Waals surface area contributed by atoms with E-state index in [2.05, 4.69) is 25.8 Å². The summed E-state index contributed by atoms with van der Waals surface area (Å²) < 4.78 is 0. The van der Waals surface area contributed by atoms with E-state index in [9.17, 15) is 0 Å². The summed E-state index contributed by atoms with van der Waals surface area (Å²) in [6.45, 7) is 6.91. The van der Waals surface area contributed by atoms with Gasteiger partial charge >= 0.3 is 0 Å². The van der Waals surface area contributed by atoms with E-state index in [1.54, 1.807) is 0 Å². The number of rotatable bonds is 4. The van der Waals surface area contributed by atoms with Crippen LogP contribution in [-0.2, 0) is 0 Å². The minimum atomic E-state index is 0.301. The van der Waals surface area contributed by atoms with Crippen molar-refractivity contribution in [3.05, 3.63) is 0 Å². The van der Waals surface area contributed by atoms with Crippen molar-refractivity contribution in [2.45, 2.75) is 51.5 Å². The van der Waals surface area contributed by atoms with Gasteiger partial charge in [-0.15, -0.1) is 0 Å². The summed E-state index contributed by atoms with van der Waals surface area (Å²) in [5, 5.41) is 0. The second-order valence-electron chi connectivity index (χ2n) is 6.41. The maximum absolute atomic E-state index is 6.13. The van der Waals surface area contributed by atoms with Crippen molar-refractivity contribution in [3.63, 3.8) is 0 Å². The summed E-state index contributed by atoms with van der Waals surface area (Å²) in [5.74, 6) is 2.62. The molecule has 0 aromatic heterocycles. The first-order valence-corrected chi connectivity index (χ1v) is 7.00. The van der Waals surface area contributed by atoms with Gasteiger partial charge in [-0.05, 0) is 56.9 Å². The first-order chi connectivity index (χ1) is 7.58. The molecular weight excluding hydrogens is 196 g/mol. The molecule has 3 unspecified atom stereocenters. The zero-order chi connectivity index (χ0) is 11.8. The fraction of sp³-hybridized carbons (Fsp3) is 1.00. The van der Waals surface area contributed by atoms with Gasteiger partial charge in [-0.2, -0.15) is 0 Å². The molecule has 0 aromatic rings. The largest absolute Gasteiger partial charge is 0.329 e. The average Bonchev–Trinajstić information content (AvgIpc) is 3.02. The van der Waals surface area contributed by atoms with Crippen LogP contribution in [0.5, 0.6) is 0 Å². The predicted octanol–water partition coefficient (Wildman–Crippen LogP) is 2.48. The van der Waals surface area contributed by atoms with Gasteiger partial charge in [0.15, 0.2) is 0 Å². The van der Waals surface area contributed by atoms with E-state index >= 15 is 0 Å². The Morgan fingerprint density at radius 1 is 1.25 bits per heavy atom. The molecule has 0 radical (unpaired) electrons. The van der Waals surface area contributed by atoms with Crippen LogP contribution in [0.2, 0.25) is 0 Å². The van der Waals surface area contributed by atoms with E-state index in [0.29, 0.717) is 5.54 Å². The summed E-state index contributed by atoms with van der Waals surface area (Å²) in [4.78, 5) is 2.60. The van der Waals surface area contributed by atoms with Crippen LogP contribution in [0.3, 0.4) is 0 Å². The molecule has 0 aromatic carbocycles. The standard InChI is InChI=1S/C14H28N2/c1-11-6-7-14(10-15,12(2)8-11)16(3)9-13-4-5-13/h11-13H,4-10,15H2,1-3H3. The summed E-state index contributed by atoms with van der Waals surface area (Å²) in [5.41, 5.74) is 6.43. The molecule has 94 valence electrons. The molecule has 0 aliphatic heterocycles. The van der Waals surface area contributed by atoms with Crippen molar-refractivity contribution in [2.24, 2.45) is 23.5 Å². The number of nitrogens with zero attached hydrogens (tertiary/aromatic N) is 1. The van der Waals surface area contributed by atoms with Gasteiger partial charge in [0, 0.05) is 18.6 Å². The van der Waals surface area contributed by atoms with Crippen LogP contribution >= 0.6 is 0 Å². The van der Waals surface area contributed by atoms with Crippen LogP contribution in [0.25, 0.3) is 0 Å². The topological polar surface area (TPSA) is 29.3 Å². The third-order valence-corrected chi connectivity index (χ3v) is 5.09. The molecule has 2 nitrogen and oxygen atoms in total. The summed E-state index contributed by atoms with van der Waals surface area (Å²) in [7, 11) is 2.30. The lowest BCUT2D eigenvalue weighted by Gasteiger charge is -2.50. The average molecular weight is 224 g/mol. The Kier molecular flexibility index (Phi) is 3.60. The van der Waals surface area contributed by atoms with Crippen molar-refractivity contribution in [3.8, 4) is 0 Å². The lowest BCUT2D eigenvalue weighted by molar-refractivity contribution is 0.0154. The molecule has 0 heterocycles. The van der Waals surface area contributed by atoms with Crippen LogP contribution in [0, 0.1) is 17.8 Å². The molecule has 16 heavy (non-hydrogen) atoms. The second kappa shape index (κ2) is 4.66. The Bertz CT molecular complexity index is 237. The predicted molar refractivity (Wildman–Crippen MR) is 69.3 cm³/mol. The van der Waals surface area contributed by atoms with E-state index in [1.165, 1.54) is 38.6 Å². The lowest BCUT2D eigenvalue weighted by Crippen LogP contribution is -2.59. The molecule has 3 atom stereocenters. The van der Waals surface area contributed by atoms with Gasteiger partial charge in [0.1, 0.15) is 0 Å². The van der Waals surface area contributed by atoms with Crippen LogP contribution < -0.4 is 5.73 Å². The zero-order valence-electron chi connectivity index (χ0n) is 11.2. The number of hydrogen-bond acceptors (Lipinski definition) is 2. The normalized spacial score (nSPS) is 40.3. The lowest BCUT2D eigenvalue weighted by atomic mass is 9.69. The molecule has 2 heteroatoms. The monoisotopic (exact) mass is 224 g/mol. The summed E-state index contributed by atoms with van der Waals surface area (Å²) in [6.07, 6.45) is 6.89. The molecule has 2 rings (SSSR count). The van der Waals surface area contributed by atoms with E-state index < -0.39 is 0 Å². The molecule has 0 amide bonds. The van der Waals surface area contributed by atoms with Crippen LogP contribution in [-0.4, -0.2) is 30.6 Å². The van der Waals surface area contributed by atoms with Gasteiger partial charge in [-0.25, -0.2) is 0 Å². The summed E-state index contributed by atoms with van der Waals surface area (Å²) >= 11 is 0. The Morgan fingerprint density at radius 3 is 2.44 bits per heavy atom. The highest BCUT2D eigenvalue weighted by molar-refractivity contribution is 4.99. The molecule has 0 saturated heterocycles. The van der Waals surface area contributed by atoms with Crippen LogP contribution in [0.15, 0.2) is 0 Å². The number of nitrogens with two attached hydrogens (primary N) is 1. The van der Waals surface area contributed by atoms with E-state index in [-0.39, 0.29) is 0 Å². The highest BCUT2D eigenvalue weighted by atomic mass is 15.2. The third kappa shape index (κ3) is 2.28. The fourth-order valence-electron chi connectivity index (χ4n) is 3.58. The molecular formula is C14H28N2. The zero-order valence-corrected chi connectivity index (χ0v) is 11.2. The molecule has 2 aliphatic rings. The molecule has 0 spiro atoms. The number of hydrogen-bond donors (Lipinski definition) is 1. The van der Waals surface area contributed by atoms with Crippen molar-refractivity contribution in [2.75, 3.05) is 20.1 Å². The fourth-order valence-corrected chi connectivity index (χ4v) is 3.58. The van der Waals surface area contributed by atoms with Gasteiger partial charge in [0.2, 0.25) is 0 Å². The molecule has 0 bridgehead atoms.